The number of hydrogen-bond donors (Lipinski definition) is 1. The van der Waals surface area contributed by atoms with Gasteiger partial charge in [-0.1, -0.05) is 12.8 Å². The third kappa shape index (κ3) is 2.32. The minimum atomic E-state index is -0.0734. The van der Waals surface area contributed by atoms with E-state index < -0.39 is 0 Å². The maximum atomic E-state index is 11.8. The Balaban J connectivity index is 2.04. The maximum absolute atomic E-state index is 11.8. The molecule has 0 aliphatic heterocycles. The predicted molar refractivity (Wildman–Crippen MR) is 73.0 cm³/mol. The summed E-state index contributed by atoms with van der Waals surface area (Å²) < 4.78 is 1.84. The lowest BCUT2D eigenvalue weighted by atomic mass is 10.0. The molecular weight excluding hydrogens is 240 g/mol. The first kappa shape index (κ1) is 12.1. The van der Waals surface area contributed by atoms with Crippen molar-refractivity contribution in [3.63, 3.8) is 0 Å². The van der Waals surface area contributed by atoms with E-state index in [1.54, 1.807) is 12.3 Å². The minimum Gasteiger partial charge on any atom is -0.305 e. The summed E-state index contributed by atoms with van der Waals surface area (Å²) in [6.45, 7) is 2.79. The van der Waals surface area contributed by atoms with E-state index in [2.05, 4.69) is 15.1 Å². The Morgan fingerprint density at radius 2 is 2.21 bits per heavy atom. The van der Waals surface area contributed by atoms with Gasteiger partial charge in [0.15, 0.2) is 5.82 Å². The van der Waals surface area contributed by atoms with Gasteiger partial charge in [0.1, 0.15) is 5.69 Å². The number of nitrogens with zero attached hydrogens (tertiary/aromatic N) is 3. The van der Waals surface area contributed by atoms with E-state index in [1.165, 1.54) is 12.8 Å². The van der Waals surface area contributed by atoms with Crippen LogP contribution < -0.4 is 5.56 Å². The van der Waals surface area contributed by atoms with Crippen LogP contribution in [0.1, 0.15) is 44.2 Å². The first-order chi connectivity index (χ1) is 9.28. The molecule has 2 aromatic heterocycles. The SMILES string of the molecule is CCn1nccc1-c1nc(C2CCCC2)cc(=O)[nH]1. The van der Waals surface area contributed by atoms with Gasteiger partial charge in [0.05, 0.1) is 5.69 Å². The third-order valence-electron chi connectivity index (χ3n) is 3.79. The number of rotatable bonds is 3. The topological polar surface area (TPSA) is 63.6 Å². The van der Waals surface area contributed by atoms with E-state index in [-0.39, 0.29) is 5.56 Å². The highest BCUT2D eigenvalue weighted by Crippen LogP contribution is 2.32. The van der Waals surface area contributed by atoms with E-state index in [4.69, 9.17) is 0 Å². The van der Waals surface area contributed by atoms with E-state index in [0.29, 0.717) is 11.7 Å². The third-order valence-corrected chi connectivity index (χ3v) is 3.79. The Bertz CT molecular complexity index is 622. The molecule has 2 aromatic rings. The van der Waals surface area contributed by atoms with Crippen LogP contribution in [-0.2, 0) is 6.54 Å². The lowest BCUT2D eigenvalue weighted by Gasteiger charge is -2.10. The zero-order valence-corrected chi connectivity index (χ0v) is 11.1. The minimum absolute atomic E-state index is 0.0734. The average Bonchev–Trinajstić information content (AvgIpc) is 3.09. The molecule has 5 nitrogen and oxygen atoms in total. The lowest BCUT2D eigenvalue weighted by molar-refractivity contribution is 0.658. The number of aromatic nitrogens is 4. The molecule has 1 aliphatic rings. The Hall–Kier alpha value is -1.91. The van der Waals surface area contributed by atoms with Gasteiger partial charge in [0, 0.05) is 24.7 Å². The fourth-order valence-electron chi connectivity index (χ4n) is 2.81. The Kier molecular flexibility index (Phi) is 3.19. The molecule has 0 unspecified atom stereocenters. The van der Waals surface area contributed by atoms with Gasteiger partial charge in [-0.15, -0.1) is 0 Å². The molecule has 1 aliphatic carbocycles. The zero-order valence-electron chi connectivity index (χ0n) is 11.1. The molecule has 0 atom stereocenters. The van der Waals surface area contributed by atoms with Crippen molar-refractivity contribution in [2.24, 2.45) is 0 Å². The summed E-state index contributed by atoms with van der Waals surface area (Å²) in [5, 5.41) is 4.22. The van der Waals surface area contributed by atoms with E-state index in [9.17, 15) is 4.79 Å². The second-order valence-corrected chi connectivity index (χ2v) is 5.03. The molecule has 0 aromatic carbocycles. The maximum Gasteiger partial charge on any atom is 0.251 e. The van der Waals surface area contributed by atoms with Crippen molar-refractivity contribution in [2.45, 2.75) is 45.1 Å². The highest BCUT2D eigenvalue weighted by molar-refractivity contribution is 5.48. The average molecular weight is 258 g/mol. The lowest BCUT2D eigenvalue weighted by Crippen LogP contribution is -2.13. The normalized spacial score (nSPS) is 16.1. The zero-order chi connectivity index (χ0) is 13.2. The van der Waals surface area contributed by atoms with Crippen LogP contribution in [0.4, 0.5) is 0 Å². The van der Waals surface area contributed by atoms with Crippen LogP contribution in [0.25, 0.3) is 11.5 Å². The highest BCUT2D eigenvalue weighted by Gasteiger charge is 2.20. The van der Waals surface area contributed by atoms with Crippen molar-refractivity contribution in [2.75, 3.05) is 0 Å². The number of aromatic amines is 1. The summed E-state index contributed by atoms with van der Waals surface area (Å²) in [4.78, 5) is 19.3. The van der Waals surface area contributed by atoms with Gasteiger partial charge in [-0.2, -0.15) is 5.10 Å². The molecule has 0 radical (unpaired) electrons. The van der Waals surface area contributed by atoms with E-state index >= 15 is 0 Å². The van der Waals surface area contributed by atoms with Crippen molar-refractivity contribution < 1.29 is 0 Å². The highest BCUT2D eigenvalue weighted by atomic mass is 16.1. The fourth-order valence-corrected chi connectivity index (χ4v) is 2.81. The summed E-state index contributed by atoms with van der Waals surface area (Å²) in [7, 11) is 0. The number of nitrogens with one attached hydrogen (secondary N) is 1. The van der Waals surface area contributed by atoms with Crippen LogP contribution in [0.5, 0.6) is 0 Å². The van der Waals surface area contributed by atoms with E-state index in [1.807, 2.05) is 17.7 Å². The second kappa shape index (κ2) is 4.99. The van der Waals surface area contributed by atoms with Crippen LogP contribution in [-0.4, -0.2) is 19.7 Å². The molecule has 1 saturated carbocycles. The molecule has 2 heterocycles. The van der Waals surface area contributed by atoms with Crippen molar-refractivity contribution in [3.05, 3.63) is 34.4 Å². The van der Waals surface area contributed by atoms with Crippen molar-refractivity contribution in [1.29, 1.82) is 0 Å². The molecule has 1 fully saturated rings. The van der Waals surface area contributed by atoms with Crippen molar-refractivity contribution in [1.82, 2.24) is 19.7 Å². The predicted octanol–water partition coefficient (Wildman–Crippen LogP) is 2.31. The Labute approximate surface area is 111 Å². The van der Waals surface area contributed by atoms with Gasteiger partial charge >= 0.3 is 0 Å². The summed E-state index contributed by atoms with van der Waals surface area (Å²) in [6.07, 6.45) is 6.50. The molecule has 1 N–H and O–H groups in total. The summed E-state index contributed by atoms with van der Waals surface area (Å²) in [5.41, 5.74) is 1.73. The first-order valence-corrected chi connectivity index (χ1v) is 6.91. The standard InChI is InChI=1S/C14H18N4O/c1-2-18-12(7-8-15-18)14-16-11(9-13(19)17-14)10-5-3-4-6-10/h7-10H,2-6H2,1H3,(H,16,17,19). The fraction of sp³-hybridized carbons (Fsp3) is 0.500. The van der Waals surface area contributed by atoms with Gasteiger partial charge in [0.25, 0.3) is 5.56 Å². The number of aryl methyl sites for hydroxylation is 1. The molecule has 0 spiro atoms. The Morgan fingerprint density at radius 3 is 2.95 bits per heavy atom. The molecule has 0 saturated heterocycles. The monoisotopic (exact) mass is 258 g/mol. The van der Waals surface area contributed by atoms with Gasteiger partial charge in [-0.25, -0.2) is 4.98 Å². The van der Waals surface area contributed by atoms with Gasteiger partial charge in [-0.05, 0) is 25.8 Å². The molecule has 19 heavy (non-hydrogen) atoms. The van der Waals surface area contributed by atoms with Crippen molar-refractivity contribution >= 4 is 0 Å². The molecule has 0 amide bonds. The largest absolute Gasteiger partial charge is 0.305 e. The summed E-state index contributed by atoms with van der Waals surface area (Å²) in [6, 6.07) is 3.53. The quantitative estimate of drug-likeness (QED) is 0.918. The summed E-state index contributed by atoms with van der Waals surface area (Å²) in [5.74, 6) is 1.08. The van der Waals surface area contributed by atoms with Crippen LogP contribution in [0, 0.1) is 0 Å². The number of hydrogen-bond acceptors (Lipinski definition) is 3. The molecular formula is C14H18N4O. The molecule has 5 heteroatoms. The molecule has 3 rings (SSSR count). The Morgan fingerprint density at radius 1 is 1.42 bits per heavy atom. The molecule has 0 bridgehead atoms. The van der Waals surface area contributed by atoms with Crippen LogP contribution >= 0.6 is 0 Å². The smallest absolute Gasteiger partial charge is 0.251 e. The van der Waals surface area contributed by atoms with Crippen LogP contribution in [0.3, 0.4) is 0 Å². The second-order valence-electron chi connectivity index (χ2n) is 5.03. The number of H-pyrrole nitrogens is 1. The van der Waals surface area contributed by atoms with Crippen molar-refractivity contribution in [3.8, 4) is 11.5 Å². The van der Waals surface area contributed by atoms with Crippen LogP contribution in [0.2, 0.25) is 0 Å². The van der Waals surface area contributed by atoms with Crippen LogP contribution in [0.15, 0.2) is 23.1 Å². The van der Waals surface area contributed by atoms with Gasteiger partial charge < -0.3 is 4.98 Å². The van der Waals surface area contributed by atoms with Gasteiger partial charge in [0.2, 0.25) is 0 Å². The molecule has 100 valence electrons. The van der Waals surface area contributed by atoms with E-state index in [0.717, 1.165) is 30.8 Å². The van der Waals surface area contributed by atoms with Gasteiger partial charge in [-0.3, -0.25) is 9.48 Å². The first-order valence-electron chi connectivity index (χ1n) is 6.91. The summed E-state index contributed by atoms with van der Waals surface area (Å²) >= 11 is 0.